The molecule has 0 spiro atoms. The van der Waals surface area contributed by atoms with Gasteiger partial charge in [0.1, 0.15) is 21.3 Å². The summed E-state index contributed by atoms with van der Waals surface area (Å²) in [6, 6.07) is 3.16. The van der Waals surface area contributed by atoms with Crippen LogP contribution in [0.15, 0.2) is 33.1 Å². The summed E-state index contributed by atoms with van der Waals surface area (Å²) in [7, 11) is -2.44. The van der Waals surface area contributed by atoms with Gasteiger partial charge in [-0.1, -0.05) is 0 Å². The van der Waals surface area contributed by atoms with Crippen molar-refractivity contribution in [3.63, 3.8) is 0 Å². The van der Waals surface area contributed by atoms with E-state index in [1.54, 1.807) is 12.1 Å². The lowest BCUT2D eigenvalue weighted by atomic mass is 10.4. The van der Waals surface area contributed by atoms with Crippen LogP contribution in [0.3, 0.4) is 0 Å². The summed E-state index contributed by atoms with van der Waals surface area (Å²) in [5.74, 6) is -0.645. The van der Waals surface area contributed by atoms with Crippen LogP contribution >= 0.6 is 11.3 Å². The van der Waals surface area contributed by atoms with Gasteiger partial charge in [0.05, 0.1) is 19.1 Å². The number of anilines is 1. The largest absolute Gasteiger partial charge is 0.468 e. The number of carbonyl (C=O) groups is 1. The summed E-state index contributed by atoms with van der Waals surface area (Å²) in [5, 5.41) is 1.33. The van der Waals surface area contributed by atoms with Crippen LogP contribution in [-0.2, 0) is 20.3 Å². The maximum atomic E-state index is 12.2. The molecule has 0 aliphatic heterocycles. The molecule has 102 valence electrons. The molecule has 0 aliphatic rings. The minimum atomic E-state index is -3.65. The lowest BCUT2D eigenvalue weighted by molar-refractivity contribution is 0.0607. The van der Waals surface area contributed by atoms with Crippen LogP contribution in [0.2, 0.25) is 0 Å². The van der Waals surface area contributed by atoms with Crippen LogP contribution in [-0.4, -0.2) is 21.5 Å². The molecule has 0 amide bonds. The number of rotatable bonds is 4. The first-order valence-electron chi connectivity index (χ1n) is 5.16. The third-order valence-electron chi connectivity index (χ3n) is 2.41. The highest BCUT2D eigenvalue weighted by atomic mass is 32.2. The Kier molecular flexibility index (Phi) is 3.63. The van der Waals surface area contributed by atoms with E-state index in [1.807, 2.05) is 0 Å². The summed E-state index contributed by atoms with van der Waals surface area (Å²) in [4.78, 5) is 11.4. The summed E-state index contributed by atoms with van der Waals surface area (Å²) >= 11 is 0.939. The molecular weight excluding hydrogens is 290 g/mol. The van der Waals surface area contributed by atoms with Gasteiger partial charge in [-0.3, -0.25) is 0 Å². The SMILES string of the molecule is COC(=O)c1scc(S(=O)(=O)Cc2ccco2)c1N. The van der Waals surface area contributed by atoms with E-state index in [0.29, 0.717) is 5.76 Å². The highest BCUT2D eigenvalue weighted by molar-refractivity contribution is 7.91. The molecule has 6 nitrogen and oxygen atoms in total. The van der Waals surface area contributed by atoms with Crippen molar-refractivity contribution in [1.82, 2.24) is 0 Å². The molecule has 2 rings (SSSR count). The van der Waals surface area contributed by atoms with Crippen LogP contribution in [0.5, 0.6) is 0 Å². The maximum absolute atomic E-state index is 12.2. The molecular formula is C11H11NO5S2. The Hall–Kier alpha value is -1.80. The van der Waals surface area contributed by atoms with E-state index in [2.05, 4.69) is 4.74 Å². The number of sulfone groups is 1. The molecule has 0 saturated carbocycles. The molecule has 0 atom stereocenters. The van der Waals surface area contributed by atoms with Crippen LogP contribution in [0.25, 0.3) is 0 Å². The molecule has 0 bridgehead atoms. The number of nitrogens with two attached hydrogens (primary N) is 1. The van der Waals surface area contributed by atoms with E-state index in [9.17, 15) is 13.2 Å². The molecule has 0 aromatic carbocycles. The summed E-state index contributed by atoms with van der Waals surface area (Å²) in [5.41, 5.74) is 5.61. The van der Waals surface area contributed by atoms with E-state index in [0.717, 1.165) is 11.3 Å². The Labute approximate surface area is 113 Å². The average molecular weight is 301 g/mol. The topological polar surface area (TPSA) is 99.6 Å². The van der Waals surface area contributed by atoms with E-state index in [4.69, 9.17) is 10.2 Å². The molecule has 0 aliphatic carbocycles. The first-order chi connectivity index (χ1) is 8.95. The van der Waals surface area contributed by atoms with Crippen molar-refractivity contribution in [2.24, 2.45) is 0 Å². The Morgan fingerprint density at radius 3 is 2.84 bits per heavy atom. The van der Waals surface area contributed by atoms with E-state index in [1.165, 1.54) is 18.8 Å². The maximum Gasteiger partial charge on any atom is 0.350 e. The first-order valence-corrected chi connectivity index (χ1v) is 7.69. The number of carbonyl (C=O) groups excluding carboxylic acids is 1. The minimum absolute atomic E-state index is 0.0747. The van der Waals surface area contributed by atoms with Gasteiger partial charge in [0, 0.05) is 5.38 Å². The second-order valence-corrected chi connectivity index (χ2v) is 6.51. The van der Waals surface area contributed by atoms with Gasteiger partial charge < -0.3 is 14.9 Å². The Bertz CT molecular complexity index is 685. The van der Waals surface area contributed by atoms with Crippen molar-refractivity contribution in [2.75, 3.05) is 12.8 Å². The van der Waals surface area contributed by atoms with Crippen molar-refractivity contribution in [3.8, 4) is 0 Å². The van der Waals surface area contributed by atoms with Gasteiger partial charge in [-0.25, -0.2) is 13.2 Å². The predicted octanol–water partition coefficient (Wildman–Crippen LogP) is 1.68. The van der Waals surface area contributed by atoms with Gasteiger partial charge >= 0.3 is 5.97 Å². The van der Waals surface area contributed by atoms with Gasteiger partial charge in [0.15, 0.2) is 9.84 Å². The fraction of sp³-hybridized carbons (Fsp3) is 0.182. The van der Waals surface area contributed by atoms with Crippen molar-refractivity contribution >= 4 is 32.8 Å². The van der Waals surface area contributed by atoms with E-state index in [-0.39, 0.29) is 21.2 Å². The number of methoxy groups -OCH3 is 1. The van der Waals surface area contributed by atoms with Gasteiger partial charge in [0.2, 0.25) is 0 Å². The Morgan fingerprint density at radius 2 is 2.26 bits per heavy atom. The number of hydrogen-bond acceptors (Lipinski definition) is 7. The van der Waals surface area contributed by atoms with Crippen LogP contribution in [0, 0.1) is 0 Å². The van der Waals surface area contributed by atoms with Crippen LogP contribution in [0.1, 0.15) is 15.4 Å². The normalized spacial score (nSPS) is 11.4. The summed E-state index contributed by atoms with van der Waals surface area (Å²) in [6.07, 6.45) is 1.39. The average Bonchev–Trinajstić information content (AvgIpc) is 2.97. The smallest absolute Gasteiger partial charge is 0.350 e. The fourth-order valence-electron chi connectivity index (χ4n) is 1.50. The fourth-order valence-corrected chi connectivity index (χ4v) is 4.20. The van der Waals surface area contributed by atoms with Gasteiger partial charge in [-0.05, 0) is 12.1 Å². The number of hydrogen-bond donors (Lipinski definition) is 1. The molecule has 0 radical (unpaired) electrons. The Morgan fingerprint density at radius 1 is 1.53 bits per heavy atom. The highest BCUT2D eigenvalue weighted by Gasteiger charge is 2.26. The van der Waals surface area contributed by atoms with E-state index >= 15 is 0 Å². The van der Waals surface area contributed by atoms with E-state index < -0.39 is 15.8 Å². The Balaban J connectivity index is 2.36. The molecule has 2 heterocycles. The van der Waals surface area contributed by atoms with Crippen LogP contribution in [0.4, 0.5) is 5.69 Å². The second kappa shape index (κ2) is 5.06. The number of nitrogen functional groups attached to an aromatic ring is 1. The molecule has 0 fully saturated rings. The van der Waals surface area contributed by atoms with Crippen molar-refractivity contribution in [3.05, 3.63) is 34.4 Å². The molecule has 2 aromatic heterocycles. The molecule has 0 unspecified atom stereocenters. The molecule has 2 N–H and O–H groups in total. The zero-order valence-electron chi connectivity index (χ0n) is 9.95. The minimum Gasteiger partial charge on any atom is -0.468 e. The number of esters is 1. The summed E-state index contributed by atoms with van der Waals surface area (Å²) in [6.45, 7) is 0. The first kappa shape index (κ1) is 13.6. The summed E-state index contributed by atoms with van der Waals surface area (Å²) < 4.78 is 33.8. The monoisotopic (exact) mass is 301 g/mol. The second-order valence-electron chi connectivity index (χ2n) is 3.67. The van der Waals surface area contributed by atoms with Gasteiger partial charge in [0.25, 0.3) is 0 Å². The molecule has 2 aromatic rings. The van der Waals surface area contributed by atoms with Crippen molar-refractivity contribution < 1.29 is 22.4 Å². The van der Waals surface area contributed by atoms with Gasteiger partial charge in [-0.15, -0.1) is 11.3 Å². The lowest BCUT2D eigenvalue weighted by Gasteiger charge is -2.02. The highest BCUT2D eigenvalue weighted by Crippen LogP contribution is 2.31. The number of thiophene rings is 1. The zero-order chi connectivity index (χ0) is 14.0. The third-order valence-corrected chi connectivity index (χ3v) is 5.21. The lowest BCUT2D eigenvalue weighted by Crippen LogP contribution is -2.08. The zero-order valence-corrected chi connectivity index (χ0v) is 11.6. The molecule has 0 saturated heterocycles. The van der Waals surface area contributed by atoms with Crippen LogP contribution < -0.4 is 5.73 Å². The van der Waals surface area contributed by atoms with Crippen molar-refractivity contribution in [2.45, 2.75) is 10.6 Å². The predicted molar refractivity (Wildman–Crippen MR) is 69.7 cm³/mol. The number of ether oxygens (including phenoxy) is 1. The number of furan rings is 1. The van der Waals surface area contributed by atoms with Crippen molar-refractivity contribution in [1.29, 1.82) is 0 Å². The molecule has 8 heteroatoms. The quantitative estimate of drug-likeness (QED) is 0.862. The third kappa shape index (κ3) is 2.64. The standard InChI is InChI=1S/C11H11NO5S2/c1-16-11(13)10-9(12)8(5-18-10)19(14,15)6-7-3-2-4-17-7/h2-5H,6,12H2,1H3. The van der Waals surface area contributed by atoms with Gasteiger partial charge in [-0.2, -0.15) is 0 Å². The molecule has 19 heavy (non-hydrogen) atoms.